The van der Waals surface area contributed by atoms with E-state index in [1.54, 1.807) is 7.11 Å². The Morgan fingerprint density at radius 2 is 2.27 bits per heavy atom. The van der Waals surface area contributed by atoms with Crippen molar-refractivity contribution in [1.29, 1.82) is 0 Å². The van der Waals surface area contributed by atoms with Gasteiger partial charge in [-0.1, -0.05) is 0 Å². The molecule has 3 atom stereocenters. The fourth-order valence-corrected chi connectivity index (χ4v) is 2.72. The summed E-state index contributed by atoms with van der Waals surface area (Å²) in [6.45, 7) is 4.38. The highest BCUT2D eigenvalue weighted by Crippen LogP contribution is 2.25. The Kier molecular flexibility index (Phi) is 3.76. The zero-order chi connectivity index (χ0) is 10.7. The molecule has 0 aromatic rings. The molecule has 2 aliphatic rings. The normalized spacial score (nSPS) is 37.3. The average molecular weight is 210 g/mol. The first-order chi connectivity index (χ1) is 7.31. The Labute approximate surface area is 92.5 Å². The molecule has 2 aliphatic heterocycles. The van der Waals surface area contributed by atoms with E-state index < -0.39 is 0 Å². The van der Waals surface area contributed by atoms with Crippen LogP contribution in [-0.2, 0) is 4.74 Å². The maximum Gasteiger partial charge on any atom is 0.102 e. The third-order valence-corrected chi connectivity index (χ3v) is 3.63. The number of hydrogen-bond acceptors (Lipinski definition) is 3. The molecule has 0 N–H and O–H groups in total. The van der Waals surface area contributed by atoms with Crippen LogP contribution in [0.3, 0.4) is 0 Å². The van der Waals surface area contributed by atoms with E-state index >= 15 is 0 Å². The molecule has 0 aromatic heterocycles. The van der Waals surface area contributed by atoms with Gasteiger partial charge in [-0.3, -0.25) is 9.89 Å². The van der Waals surface area contributed by atoms with Crippen molar-refractivity contribution in [3.63, 3.8) is 0 Å². The van der Waals surface area contributed by atoms with Gasteiger partial charge >= 0.3 is 0 Å². The van der Waals surface area contributed by atoms with Crippen LogP contribution < -0.4 is 0 Å². The van der Waals surface area contributed by atoms with Crippen molar-refractivity contribution in [3.05, 3.63) is 0 Å². The summed E-state index contributed by atoms with van der Waals surface area (Å²) >= 11 is 0. The Morgan fingerprint density at radius 3 is 2.80 bits per heavy atom. The second-order valence-electron chi connectivity index (χ2n) is 4.80. The van der Waals surface area contributed by atoms with Gasteiger partial charge in [0.25, 0.3) is 0 Å². The van der Waals surface area contributed by atoms with Crippen molar-refractivity contribution in [1.82, 2.24) is 4.90 Å². The van der Waals surface area contributed by atoms with Crippen LogP contribution in [0.2, 0.25) is 0 Å². The summed E-state index contributed by atoms with van der Waals surface area (Å²) in [7, 11) is 1.77. The molecule has 86 valence electrons. The lowest BCUT2D eigenvalue weighted by molar-refractivity contribution is 0.143. The zero-order valence-electron chi connectivity index (χ0n) is 9.85. The Hall–Kier alpha value is -0.410. The third kappa shape index (κ3) is 2.58. The van der Waals surface area contributed by atoms with Crippen LogP contribution in [0.1, 0.15) is 32.6 Å². The SMILES string of the molecule is COCC1C=NC(N2CCCC2C)CC1. The summed E-state index contributed by atoms with van der Waals surface area (Å²) < 4.78 is 5.16. The van der Waals surface area contributed by atoms with Gasteiger partial charge in [0.2, 0.25) is 0 Å². The van der Waals surface area contributed by atoms with E-state index in [9.17, 15) is 0 Å². The molecular formula is C12H22N2O. The van der Waals surface area contributed by atoms with Crippen molar-refractivity contribution >= 4 is 6.21 Å². The fourth-order valence-electron chi connectivity index (χ4n) is 2.72. The average Bonchev–Trinajstić information content (AvgIpc) is 2.66. The highest BCUT2D eigenvalue weighted by molar-refractivity contribution is 5.62. The van der Waals surface area contributed by atoms with Crippen LogP contribution in [-0.4, -0.2) is 43.6 Å². The van der Waals surface area contributed by atoms with E-state index in [2.05, 4.69) is 23.0 Å². The molecule has 3 unspecified atom stereocenters. The molecule has 0 amide bonds. The predicted octanol–water partition coefficient (Wildman–Crippen LogP) is 1.92. The third-order valence-electron chi connectivity index (χ3n) is 3.63. The zero-order valence-corrected chi connectivity index (χ0v) is 9.85. The Morgan fingerprint density at radius 1 is 1.40 bits per heavy atom. The van der Waals surface area contributed by atoms with Crippen molar-refractivity contribution in [2.75, 3.05) is 20.3 Å². The molecule has 2 rings (SSSR count). The largest absolute Gasteiger partial charge is 0.384 e. The second kappa shape index (κ2) is 5.08. The highest BCUT2D eigenvalue weighted by atomic mass is 16.5. The van der Waals surface area contributed by atoms with Crippen molar-refractivity contribution < 1.29 is 4.74 Å². The number of nitrogens with zero attached hydrogens (tertiary/aromatic N) is 2. The summed E-state index contributed by atoms with van der Waals surface area (Å²) in [6.07, 6.45) is 7.68. The standard InChI is InChI=1S/C12H22N2O/c1-10-4-3-7-14(10)12-6-5-11(8-13-12)9-15-2/h8,10-12H,3-7,9H2,1-2H3. The summed E-state index contributed by atoms with van der Waals surface area (Å²) in [5.74, 6) is 0.546. The smallest absolute Gasteiger partial charge is 0.102 e. The van der Waals surface area contributed by atoms with Crippen LogP contribution >= 0.6 is 0 Å². The van der Waals surface area contributed by atoms with Crippen molar-refractivity contribution in [2.24, 2.45) is 10.9 Å². The fraction of sp³-hybridized carbons (Fsp3) is 0.917. The van der Waals surface area contributed by atoms with E-state index in [0.717, 1.165) is 12.6 Å². The van der Waals surface area contributed by atoms with Gasteiger partial charge in [-0.15, -0.1) is 0 Å². The molecule has 0 spiro atoms. The molecule has 0 aliphatic carbocycles. The lowest BCUT2D eigenvalue weighted by atomic mass is 10.0. The van der Waals surface area contributed by atoms with Crippen LogP contribution in [0.25, 0.3) is 0 Å². The predicted molar refractivity (Wildman–Crippen MR) is 62.3 cm³/mol. The van der Waals surface area contributed by atoms with Crippen molar-refractivity contribution in [2.45, 2.75) is 44.8 Å². The number of ether oxygens (including phenoxy) is 1. The first kappa shape index (κ1) is 11.1. The van der Waals surface area contributed by atoms with E-state index in [4.69, 9.17) is 4.74 Å². The first-order valence-corrected chi connectivity index (χ1v) is 6.09. The van der Waals surface area contributed by atoms with Gasteiger partial charge < -0.3 is 4.74 Å². The molecule has 0 bridgehead atoms. The van der Waals surface area contributed by atoms with E-state index in [1.165, 1.54) is 32.2 Å². The Balaban J connectivity index is 1.88. The molecule has 0 aromatic carbocycles. The Bertz CT molecular complexity index is 230. The quantitative estimate of drug-likeness (QED) is 0.711. The molecule has 3 nitrogen and oxygen atoms in total. The number of hydrogen-bond donors (Lipinski definition) is 0. The van der Waals surface area contributed by atoms with Gasteiger partial charge in [0, 0.05) is 31.8 Å². The molecule has 1 fully saturated rings. The monoisotopic (exact) mass is 210 g/mol. The minimum Gasteiger partial charge on any atom is -0.384 e. The van der Waals surface area contributed by atoms with Gasteiger partial charge in [0.05, 0.1) is 6.61 Å². The minimum absolute atomic E-state index is 0.454. The van der Waals surface area contributed by atoms with Crippen LogP contribution in [0.5, 0.6) is 0 Å². The van der Waals surface area contributed by atoms with Gasteiger partial charge in [-0.05, 0) is 32.6 Å². The lowest BCUT2D eigenvalue weighted by Gasteiger charge is -2.32. The molecule has 3 heteroatoms. The maximum absolute atomic E-state index is 5.16. The minimum atomic E-state index is 0.454. The molecule has 0 saturated carbocycles. The highest BCUT2D eigenvalue weighted by Gasteiger charge is 2.29. The van der Waals surface area contributed by atoms with Gasteiger partial charge in [-0.25, -0.2) is 0 Å². The van der Waals surface area contributed by atoms with Gasteiger partial charge in [0.15, 0.2) is 0 Å². The molecule has 15 heavy (non-hydrogen) atoms. The number of methoxy groups -OCH3 is 1. The summed E-state index contributed by atoms with van der Waals surface area (Å²) in [6, 6.07) is 0.728. The summed E-state index contributed by atoms with van der Waals surface area (Å²) in [5, 5.41) is 0. The summed E-state index contributed by atoms with van der Waals surface area (Å²) in [4.78, 5) is 7.24. The van der Waals surface area contributed by atoms with E-state index in [-0.39, 0.29) is 0 Å². The molecule has 1 saturated heterocycles. The molecule has 2 heterocycles. The maximum atomic E-state index is 5.16. The van der Waals surface area contributed by atoms with Crippen LogP contribution in [0.4, 0.5) is 0 Å². The number of likely N-dealkylation sites (tertiary alicyclic amines) is 1. The second-order valence-corrected chi connectivity index (χ2v) is 4.80. The van der Waals surface area contributed by atoms with E-state index in [0.29, 0.717) is 12.1 Å². The topological polar surface area (TPSA) is 24.8 Å². The lowest BCUT2D eigenvalue weighted by Crippen LogP contribution is -2.39. The van der Waals surface area contributed by atoms with Gasteiger partial charge in [-0.2, -0.15) is 0 Å². The van der Waals surface area contributed by atoms with Crippen LogP contribution in [0, 0.1) is 5.92 Å². The molecule has 0 radical (unpaired) electrons. The van der Waals surface area contributed by atoms with Crippen molar-refractivity contribution in [3.8, 4) is 0 Å². The van der Waals surface area contributed by atoms with Gasteiger partial charge in [0.1, 0.15) is 6.17 Å². The van der Waals surface area contributed by atoms with E-state index in [1.807, 2.05) is 0 Å². The summed E-state index contributed by atoms with van der Waals surface area (Å²) in [5.41, 5.74) is 0. The number of aliphatic imine (C=N–C) groups is 1. The number of rotatable bonds is 3. The first-order valence-electron chi connectivity index (χ1n) is 6.09. The van der Waals surface area contributed by atoms with Crippen LogP contribution in [0.15, 0.2) is 4.99 Å². The molecular weight excluding hydrogens is 188 g/mol.